The van der Waals surface area contributed by atoms with E-state index in [-0.39, 0.29) is 6.67 Å². The van der Waals surface area contributed by atoms with E-state index in [1.807, 2.05) is 25.1 Å². The second kappa shape index (κ2) is 5.07. The number of rotatable bonds is 4. The van der Waals surface area contributed by atoms with Gasteiger partial charge < -0.3 is 5.32 Å². The van der Waals surface area contributed by atoms with Crippen LogP contribution >= 0.6 is 11.6 Å². The molecule has 0 amide bonds. The molecule has 0 heterocycles. The third-order valence-corrected chi connectivity index (χ3v) is 2.32. The fourth-order valence-electron chi connectivity index (χ4n) is 1.07. The van der Waals surface area contributed by atoms with Gasteiger partial charge in [-0.3, -0.25) is 4.39 Å². The molecule has 0 unspecified atom stereocenters. The van der Waals surface area contributed by atoms with Crippen LogP contribution < -0.4 is 5.32 Å². The Bertz CT molecular complexity index is 276. The van der Waals surface area contributed by atoms with Crippen molar-refractivity contribution in [2.75, 3.05) is 18.5 Å². The summed E-state index contributed by atoms with van der Waals surface area (Å²) in [6.07, 6.45) is 0.518. The molecule has 1 nitrogen and oxygen atoms in total. The maximum absolute atomic E-state index is 11.8. The van der Waals surface area contributed by atoms with Gasteiger partial charge in [0.05, 0.1) is 17.4 Å². The van der Waals surface area contributed by atoms with Gasteiger partial charge in [-0.1, -0.05) is 23.7 Å². The lowest BCUT2D eigenvalue weighted by Crippen LogP contribution is -2.02. The quantitative estimate of drug-likeness (QED) is 0.737. The standard InChI is InChI=1S/C10H13ClFN/c1-8-4-2-5-9(10(8)11)13-7-3-6-12/h2,4-5,13H,3,6-7H2,1H3. The van der Waals surface area contributed by atoms with Crippen LogP contribution in [0.2, 0.25) is 5.02 Å². The molecule has 0 bridgehead atoms. The van der Waals surface area contributed by atoms with E-state index in [1.165, 1.54) is 0 Å². The van der Waals surface area contributed by atoms with Crippen molar-refractivity contribution in [3.05, 3.63) is 28.8 Å². The fraction of sp³-hybridized carbons (Fsp3) is 0.400. The molecule has 1 rings (SSSR count). The van der Waals surface area contributed by atoms with Gasteiger partial charge >= 0.3 is 0 Å². The predicted octanol–water partition coefficient (Wildman–Crippen LogP) is 3.42. The van der Waals surface area contributed by atoms with Crippen LogP contribution in [0.25, 0.3) is 0 Å². The highest BCUT2D eigenvalue weighted by Gasteiger charge is 2.00. The van der Waals surface area contributed by atoms with E-state index >= 15 is 0 Å². The number of benzene rings is 1. The molecule has 0 atom stereocenters. The summed E-state index contributed by atoms with van der Waals surface area (Å²) in [5.74, 6) is 0. The highest BCUT2D eigenvalue weighted by atomic mass is 35.5. The van der Waals surface area contributed by atoms with Gasteiger partial charge in [0.15, 0.2) is 0 Å². The van der Waals surface area contributed by atoms with Gasteiger partial charge in [0.1, 0.15) is 0 Å². The van der Waals surface area contributed by atoms with E-state index < -0.39 is 0 Å². The zero-order valence-electron chi connectivity index (χ0n) is 7.61. The van der Waals surface area contributed by atoms with Crippen LogP contribution in [0.5, 0.6) is 0 Å². The zero-order valence-corrected chi connectivity index (χ0v) is 8.37. The molecule has 0 radical (unpaired) electrons. The van der Waals surface area contributed by atoms with Crippen LogP contribution in [0.4, 0.5) is 10.1 Å². The van der Waals surface area contributed by atoms with Crippen molar-refractivity contribution < 1.29 is 4.39 Å². The second-order valence-corrected chi connectivity index (χ2v) is 3.28. The van der Waals surface area contributed by atoms with Crippen molar-refractivity contribution in [1.29, 1.82) is 0 Å². The SMILES string of the molecule is Cc1cccc(NCCCF)c1Cl. The number of anilines is 1. The Hall–Kier alpha value is -0.760. The van der Waals surface area contributed by atoms with Crippen LogP contribution in [-0.4, -0.2) is 13.2 Å². The molecule has 13 heavy (non-hydrogen) atoms. The zero-order chi connectivity index (χ0) is 9.68. The monoisotopic (exact) mass is 201 g/mol. The Morgan fingerprint density at radius 2 is 2.23 bits per heavy atom. The first kappa shape index (κ1) is 10.3. The summed E-state index contributed by atoms with van der Waals surface area (Å²) in [7, 11) is 0. The van der Waals surface area contributed by atoms with Crippen LogP contribution in [0.1, 0.15) is 12.0 Å². The Morgan fingerprint density at radius 1 is 1.46 bits per heavy atom. The summed E-state index contributed by atoms with van der Waals surface area (Å²) in [5.41, 5.74) is 1.92. The largest absolute Gasteiger partial charge is 0.384 e. The molecular formula is C10H13ClFN. The number of alkyl halides is 1. The third-order valence-electron chi connectivity index (χ3n) is 1.82. The molecule has 3 heteroatoms. The molecule has 0 fully saturated rings. The summed E-state index contributed by atoms with van der Waals surface area (Å²) in [5, 5.41) is 3.81. The molecule has 0 aliphatic heterocycles. The minimum atomic E-state index is -0.295. The van der Waals surface area contributed by atoms with E-state index in [1.54, 1.807) is 0 Å². The molecule has 0 aliphatic rings. The maximum atomic E-state index is 11.8. The lowest BCUT2D eigenvalue weighted by molar-refractivity contribution is 0.481. The number of aryl methyl sites for hydroxylation is 1. The van der Waals surface area contributed by atoms with Crippen LogP contribution in [0.3, 0.4) is 0 Å². The number of halogens is 2. The first-order valence-corrected chi connectivity index (χ1v) is 4.68. The van der Waals surface area contributed by atoms with Crippen molar-refractivity contribution in [3.8, 4) is 0 Å². The van der Waals surface area contributed by atoms with Crippen LogP contribution in [0, 0.1) is 6.92 Å². The lowest BCUT2D eigenvalue weighted by atomic mass is 10.2. The Kier molecular flexibility index (Phi) is 4.03. The highest BCUT2D eigenvalue weighted by molar-refractivity contribution is 6.33. The van der Waals surface area contributed by atoms with E-state index in [0.717, 1.165) is 16.3 Å². The van der Waals surface area contributed by atoms with Crippen molar-refractivity contribution in [2.24, 2.45) is 0 Å². The highest BCUT2D eigenvalue weighted by Crippen LogP contribution is 2.24. The molecule has 0 aliphatic carbocycles. The Morgan fingerprint density at radius 3 is 2.92 bits per heavy atom. The van der Waals surface area contributed by atoms with Gasteiger partial charge in [0.25, 0.3) is 0 Å². The van der Waals surface area contributed by atoms with Crippen LogP contribution in [0.15, 0.2) is 18.2 Å². The minimum absolute atomic E-state index is 0.295. The van der Waals surface area contributed by atoms with E-state index in [9.17, 15) is 4.39 Å². The van der Waals surface area contributed by atoms with Crippen molar-refractivity contribution in [1.82, 2.24) is 0 Å². The number of hydrogen-bond acceptors (Lipinski definition) is 1. The summed E-state index contributed by atoms with van der Waals surface area (Å²) in [6, 6.07) is 5.77. The third kappa shape index (κ3) is 2.88. The summed E-state index contributed by atoms with van der Waals surface area (Å²) in [6.45, 7) is 2.28. The molecule has 0 saturated heterocycles. The van der Waals surface area contributed by atoms with Gasteiger partial charge in [-0.25, -0.2) is 0 Å². The summed E-state index contributed by atoms with van der Waals surface area (Å²) >= 11 is 6.02. The predicted molar refractivity (Wildman–Crippen MR) is 55.3 cm³/mol. The van der Waals surface area contributed by atoms with Gasteiger partial charge in [-0.2, -0.15) is 0 Å². The average Bonchev–Trinajstić information content (AvgIpc) is 2.13. The summed E-state index contributed by atoms with van der Waals surface area (Å²) < 4.78 is 11.8. The van der Waals surface area contributed by atoms with Gasteiger partial charge in [0, 0.05) is 6.54 Å². The smallest absolute Gasteiger partial charge is 0.0911 e. The van der Waals surface area contributed by atoms with Gasteiger partial charge in [-0.15, -0.1) is 0 Å². The first-order chi connectivity index (χ1) is 6.25. The molecule has 0 aromatic heterocycles. The number of hydrogen-bond donors (Lipinski definition) is 1. The molecule has 1 aromatic carbocycles. The minimum Gasteiger partial charge on any atom is -0.384 e. The second-order valence-electron chi connectivity index (χ2n) is 2.91. The van der Waals surface area contributed by atoms with Crippen molar-refractivity contribution in [3.63, 3.8) is 0 Å². The van der Waals surface area contributed by atoms with E-state index in [4.69, 9.17) is 11.6 Å². The molecule has 1 N–H and O–H groups in total. The average molecular weight is 202 g/mol. The fourth-order valence-corrected chi connectivity index (χ4v) is 1.27. The van der Waals surface area contributed by atoms with Gasteiger partial charge in [-0.05, 0) is 25.0 Å². The first-order valence-electron chi connectivity index (χ1n) is 4.30. The Balaban J connectivity index is 2.61. The molecule has 72 valence electrons. The van der Waals surface area contributed by atoms with E-state index in [2.05, 4.69) is 5.32 Å². The topological polar surface area (TPSA) is 12.0 Å². The van der Waals surface area contributed by atoms with Crippen molar-refractivity contribution >= 4 is 17.3 Å². The number of nitrogens with one attached hydrogen (secondary N) is 1. The van der Waals surface area contributed by atoms with E-state index in [0.29, 0.717) is 13.0 Å². The van der Waals surface area contributed by atoms with Crippen LogP contribution in [-0.2, 0) is 0 Å². The maximum Gasteiger partial charge on any atom is 0.0911 e. The molecule has 0 saturated carbocycles. The summed E-state index contributed by atoms with van der Waals surface area (Å²) in [4.78, 5) is 0. The van der Waals surface area contributed by atoms with Gasteiger partial charge in [0.2, 0.25) is 0 Å². The Labute approximate surface area is 82.9 Å². The lowest BCUT2D eigenvalue weighted by Gasteiger charge is -2.08. The molecular weight excluding hydrogens is 189 g/mol. The molecule has 1 aromatic rings. The molecule has 0 spiro atoms. The van der Waals surface area contributed by atoms with Crippen molar-refractivity contribution in [2.45, 2.75) is 13.3 Å². The normalized spacial score (nSPS) is 10.1.